The predicted molar refractivity (Wildman–Crippen MR) is 115 cm³/mol. The van der Waals surface area contributed by atoms with Crippen molar-refractivity contribution in [3.05, 3.63) is 65.5 Å². The van der Waals surface area contributed by atoms with Crippen LogP contribution in [0.15, 0.2) is 59.8 Å². The molecule has 30 heavy (non-hydrogen) atoms. The van der Waals surface area contributed by atoms with Crippen LogP contribution in [0.3, 0.4) is 0 Å². The van der Waals surface area contributed by atoms with Crippen molar-refractivity contribution in [1.82, 2.24) is 4.98 Å². The standard InChI is InChI=1S/C24H27FN2O3/c1-14(18(25)12-20-15(2)29-13-30-20)24(8-9-24)22(28)26-17-6-7-19-16(10-17)11-21(27-19)23(3,4)5/h6-7,10-12,27H,2,8-9,13H2,1,3-5H3,(H,26,28)/b18-14-,20-12+. The Morgan fingerprint density at radius 1 is 1.27 bits per heavy atom. The number of carbonyl (C=O) groups is 1. The number of aromatic nitrogens is 1. The third-order valence-corrected chi connectivity index (χ3v) is 5.93. The maximum Gasteiger partial charge on any atom is 0.234 e. The number of hydrogen-bond acceptors (Lipinski definition) is 3. The van der Waals surface area contributed by atoms with Gasteiger partial charge in [0.1, 0.15) is 5.83 Å². The van der Waals surface area contributed by atoms with Crippen LogP contribution >= 0.6 is 0 Å². The van der Waals surface area contributed by atoms with E-state index in [2.05, 4.69) is 43.7 Å². The van der Waals surface area contributed by atoms with Crippen molar-refractivity contribution in [3.8, 4) is 0 Å². The summed E-state index contributed by atoms with van der Waals surface area (Å²) in [7, 11) is 0. The number of amides is 1. The molecule has 5 nitrogen and oxygen atoms in total. The molecular formula is C24H27FN2O3. The quantitative estimate of drug-likeness (QED) is 0.667. The predicted octanol–water partition coefficient (Wildman–Crippen LogP) is 5.83. The number of allylic oxidation sites excluding steroid dienone is 2. The van der Waals surface area contributed by atoms with Crippen LogP contribution in [0.4, 0.5) is 10.1 Å². The summed E-state index contributed by atoms with van der Waals surface area (Å²) in [6.45, 7) is 11.8. The fourth-order valence-electron chi connectivity index (χ4n) is 3.65. The first-order valence-corrected chi connectivity index (χ1v) is 10.1. The minimum absolute atomic E-state index is 0.00776. The molecule has 2 fully saturated rings. The number of fused-ring (bicyclic) bond motifs is 1. The average Bonchev–Trinajstić information content (AvgIpc) is 3.22. The molecular weight excluding hydrogens is 383 g/mol. The smallest absolute Gasteiger partial charge is 0.234 e. The molecule has 0 radical (unpaired) electrons. The van der Waals surface area contributed by atoms with Crippen molar-refractivity contribution in [2.45, 2.75) is 46.0 Å². The number of anilines is 1. The molecule has 2 N–H and O–H groups in total. The van der Waals surface area contributed by atoms with E-state index in [1.54, 1.807) is 6.92 Å². The first kappa shape index (κ1) is 20.3. The van der Waals surface area contributed by atoms with E-state index in [1.165, 1.54) is 6.08 Å². The lowest BCUT2D eigenvalue weighted by atomic mass is 9.92. The van der Waals surface area contributed by atoms with Gasteiger partial charge >= 0.3 is 0 Å². The highest BCUT2D eigenvalue weighted by atomic mass is 19.1. The minimum atomic E-state index is -0.828. The number of hydrogen-bond donors (Lipinski definition) is 2. The zero-order valence-corrected chi connectivity index (χ0v) is 17.8. The van der Waals surface area contributed by atoms with Gasteiger partial charge in [0.05, 0.1) is 5.41 Å². The SMILES string of the molecule is C=C1OCO/C1=C/C(F)=C(\C)C1(C(=O)Nc2ccc3[nH]c(C(C)(C)C)cc3c2)CC1. The largest absolute Gasteiger partial charge is 0.454 e. The van der Waals surface area contributed by atoms with Crippen LogP contribution in [0, 0.1) is 5.41 Å². The summed E-state index contributed by atoms with van der Waals surface area (Å²) in [6, 6.07) is 7.87. The van der Waals surface area contributed by atoms with Gasteiger partial charge in [-0.15, -0.1) is 0 Å². The molecule has 6 heteroatoms. The van der Waals surface area contributed by atoms with E-state index in [0.29, 0.717) is 29.9 Å². The van der Waals surface area contributed by atoms with Gasteiger partial charge in [-0.05, 0) is 49.6 Å². The summed E-state index contributed by atoms with van der Waals surface area (Å²) < 4.78 is 25.1. The number of rotatable bonds is 4. The van der Waals surface area contributed by atoms with Crippen molar-refractivity contribution in [2.75, 3.05) is 12.1 Å². The Bertz CT molecular complexity index is 1100. The van der Waals surface area contributed by atoms with Gasteiger partial charge in [-0.1, -0.05) is 27.4 Å². The van der Waals surface area contributed by atoms with E-state index in [4.69, 9.17) is 9.47 Å². The molecule has 1 aliphatic carbocycles. The Kier molecular flexibility index (Phi) is 4.76. The Labute approximate surface area is 175 Å². The van der Waals surface area contributed by atoms with Gasteiger partial charge in [-0.25, -0.2) is 4.39 Å². The molecule has 1 saturated carbocycles. The number of ether oxygens (including phenoxy) is 2. The molecule has 2 heterocycles. The molecule has 4 rings (SSSR count). The van der Waals surface area contributed by atoms with Crippen molar-refractivity contribution >= 4 is 22.5 Å². The Balaban J connectivity index is 1.56. The van der Waals surface area contributed by atoms with E-state index >= 15 is 0 Å². The minimum Gasteiger partial charge on any atom is -0.454 e. The number of carbonyl (C=O) groups excluding carboxylic acids is 1. The van der Waals surface area contributed by atoms with E-state index in [0.717, 1.165) is 16.6 Å². The second kappa shape index (κ2) is 7.04. The molecule has 1 amide bonds. The van der Waals surface area contributed by atoms with Crippen LogP contribution in [0.25, 0.3) is 10.9 Å². The van der Waals surface area contributed by atoms with Crippen LogP contribution in [0.2, 0.25) is 0 Å². The molecule has 1 aliphatic heterocycles. The highest BCUT2D eigenvalue weighted by Gasteiger charge is 2.52. The van der Waals surface area contributed by atoms with Gasteiger partial charge in [-0.3, -0.25) is 4.79 Å². The second-order valence-electron chi connectivity index (χ2n) is 9.08. The molecule has 1 saturated heterocycles. The lowest BCUT2D eigenvalue weighted by molar-refractivity contribution is -0.119. The third kappa shape index (κ3) is 3.62. The molecule has 1 aromatic carbocycles. The zero-order valence-electron chi connectivity index (χ0n) is 17.8. The van der Waals surface area contributed by atoms with E-state index in [-0.39, 0.29) is 23.9 Å². The maximum atomic E-state index is 14.8. The van der Waals surface area contributed by atoms with Crippen molar-refractivity contribution in [3.63, 3.8) is 0 Å². The molecule has 2 aliphatic rings. The zero-order chi connectivity index (χ0) is 21.7. The number of benzene rings is 1. The summed E-state index contributed by atoms with van der Waals surface area (Å²) >= 11 is 0. The number of nitrogens with one attached hydrogen (secondary N) is 2. The Morgan fingerprint density at radius 2 is 2.00 bits per heavy atom. The maximum absolute atomic E-state index is 14.8. The molecule has 0 atom stereocenters. The van der Waals surface area contributed by atoms with Crippen LogP contribution in [0.1, 0.15) is 46.2 Å². The van der Waals surface area contributed by atoms with Gasteiger partial charge in [0.15, 0.2) is 11.5 Å². The normalized spacial score (nSPS) is 20.0. The molecule has 0 bridgehead atoms. The molecule has 1 aromatic heterocycles. The van der Waals surface area contributed by atoms with Crippen molar-refractivity contribution in [2.24, 2.45) is 5.41 Å². The van der Waals surface area contributed by atoms with Crippen LogP contribution in [-0.2, 0) is 19.7 Å². The molecule has 158 valence electrons. The molecule has 0 unspecified atom stereocenters. The average molecular weight is 410 g/mol. The highest BCUT2D eigenvalue weighted by molar-refractivity contribution is 6.01. The van der Waals surface area contributed by atoms with E-state index in [1.807, 2.05) is 18.2 Å². The van der Waals surface area contributed by atoms with Gasteiger partial charge in [0, 0.05) is 33.8 Å². The van der Waals surface area contributed by atoms with Crippen LogP contribution < -0.4 is 5.32 Å². The summed E-state index contributed by atoms with van der Waals surface area (Å²) in [4.78, 5) is 16.5. The van der Waals surface area contributed by atoms with Crippen molar-refractivity contribution in [1.29, 1.82) is 0 Å². The Morgan fingerprint density at radius 3 is 2.60 bits per heavy atom. The second-order valence-corrected chi connectivity index (χ2v) is 9.08. The summed E-state index contributed by atoms with van der Waals surface area (Å²) in [5.74, 6) is -0.126. The monoisotopic (exact) mass is 410 g/mol. The Hall–Kier alpha value is -3.02. The summed E-state index contributed by atoms with van der Waals surface area (Å²) in [6.07, 6.45) is 2.47. The van der Waals surface area contributed by atoms with Gasteiger partial charge < -0.3 is 19.8 Å². The third-order valence-electron chi connectivity index (χ3n) is 5.93. The fraction of sp³-hybridized carbons (Fsp3) is 0.375. The van der Waals surface area contributed by atoms with Crippen LogP contribution in [0.5, 0.6) is 0 Å². The van der Waals surface area contributed by atoms with Crippen LogP contribution in [-0.4, -0.2) is 17.7 Å². The van der Waals surface area contributed by atoms with Crippen molar-refractivity contribution < 1.29 is 18.7 Å². The lowest BCUT2D eigenvalue weighted by Gasteiger charge is -2.17. The fourth-order valence-corrected chi connectivity index (χ4v) is 3.65. The van der Waals surface area contributed by atoms with Gasteiger partial charge in [-0.2, -0.15) is 0 Å². The van der Waals surface area contributed by atoms with Gasteiger partial charge in [0.2, 0.25) is 12.7 Å². The molecule has 2 aromatic rings. The lowest BCUT2D eigenvalue weighted by Crippen LogP contribution is -2.25. The summed E-state index contributed by atoms with van der Waals surface area (Å²) in [5.41, 5.74) is 2.43. The number of H-pyrrole nitrogens is 1. The van der Waals surface area contributed by atoms with E-state index < -0.39 is 11.2 Å². The number of aromatic amines is 1. The number of halogens is 1. The molecule has 0 spiro atoms. The first-order chi connectivity index (χ1) is 14.1. The topological polar surface area (TPSA) is 63.4 Å². The highest BCUT2D eigenvalue weighted by Crippen LogP contribution is 2.54. The first-order valence-electron chi connectivity index (χ1n) is 10.1. The van der Waals surface area contributed by atoms with Gasteiger partial charge in [0.25, 0.3) is 0 Å². The summed E-state index contributed by atoms with van der Waals surface area (Å²) in [5, 5.41) is 4.01. The van der Waals surface area contributed by atoms with E-state index in [9.17, 15) is 9.18 Å².